The molecule has 0 aliphatic carbocycles. The molecule has 0 amide bonds. The molecule has 2 rings (SSSR count). The van der Waals surface area contributed by atoms with E-state index in [1.807, 2.05) is 4.68 Å². The second kappa shape index (κ2) is 6.83. The number of nitrogens with one attached hydrogen (secondary N) is 1. The number of aromatic nitrogens is 3. The minimum Gasteiger partial charge on any atom is -0.271 e. The van der Waals surface area contributed by atoms with Crippen molar-refractivity contribution in [1.29, 1.82) is 0 Å². The van der Waals surface area contributed by atoms with Crippen molar-refractivity contribution in [2.45, 2.75) is 46.7 Å². The van der Waals surface area contributed by atoms with E-state index in [-0.39, 0.29) is 6.04 Å². The molecule has 2 aromatic rings. The van der Waals surface area contributed by atoms with Gasteiger partial charge in [0, 0.05) is 13.0 Å². The molecule has 0 bridgehead atoms. The van der Waals surface area contributed by atoms with Crippen molar-refractivity contribution in [3.8, 4) is 0 Å². The van der Waals surface area contributed by atoms with E-state index in [0.29, 0.717) is 5.92 Å². The van der Waals surface area contributed by atoms with Gasteiger partial charge in [-0.25, -0.2) is 9.67 Å². The molecular formula is C16H25N5. The minimum atomic E-state index is 0.0417. The van der Waals surface area contributed by atoms with Gasteiger partial charge in [0.1, 0.15) is 12.2 Å². The van der Waals surface area contributed by atoms with E-state index in [1.165, 1.54) is 16.7 Å². The van der Waals surface area contributed by atoms with Gasteiger partial charge in [0.05, 0.1) is 6.04 Å². The van der Waals surface area contributed by atoms with Crippen LogP contribution in [0.15, 0.2) is 24.5 Å². The Morgan fingerprint density at radius 2 is 2.05 bits per heavy atom. The SMILES string of the molecule is Cc1ccc(C)c(C(Cc2ncnn2CC(C)C)NN)c1. The Balaban J connectivity index is 2.23. The van der Waals surface area contributed by atoms with E-state index >= 15 is 0 Å². The lowest BCUT2D eigenvalue weighted by atomic mass is 9.97. The van der Waals surface area contributed by atoms with Crippen molar-refractivity contribution in [2.75, 3.05) is 0 Å². The van der Waals surface area contributed by atoms with Gasteiger partial charge in [0.2, 0.25) is 0 Å². The average Bonchev–Trinajstić information content (AvgIpc) is 2.85. The number of aryl methyl sites for hydroxylation is 2. The molecule has 0 spiro atoms. The first-order chi connectivity index (χ1) is 10.0. The third-order valence-electron chi connectivity index (χ3n) is 3.63. The Hall–Kier alpha value is -1.72. The van der Waals surface area contributed by atoms with Crippen LogP contribution in [-0.2, 0) is 13.0 Å². The van der Waals surface area contributed by atoms with Crippen molar-refractivity contribution >= 4 is 0 Å². The van der Waals surface area contributed by atoms with Crippen molar-refractivity contribution in [2.24, 2.45) is 11.8 Å². The van der Waals surface area contributed by atoms with Gasteiger partial charge in [-0.3, -0.25) is 11.3 Å². The van der Waals surface area contributed by atoms with Gasteiger partial charge in [-0.15, -0.1) is 0 Å². The Bertz CT molecular complexity index is 588. The van der Waals surface area contributed by atoms with Crippen molar-refractivity contribution in [3.63, 3.8) is 0 Å². The van der Waals surface area contributed by atoms with E-state index in [9.17, 15) is 0 Å². The summed E-state index contributed by atoms with van der Waals surface area (Å²) in [6, 6.07) is 6.48. The molecule has 1 atom stereocenters. The average molecular weight is 287 g/mol. The maximum absolute atomic E-state index is 5.78. The second-order valence-electron chi connectivity index (χ2n) is 6.04. The Morgan fingerprint density at radius 3 is 2.71 bits per heavy atom. The Labute approximate surface area is 126 Å². The van der Waals surface area contributed by atoms with Crippen LogP contribution in [0.2, 0.25) is 0 Å². The number of rotatable bonds is 6. The summed E-state index contributed by atoms with van der Waals surface area (Å²) in [5.74, 6) is 7.29. The first-order valence-electron chi connectivity index (χ1n) is 7.41. The van der Waals surface area contributed by atoms with E-state index in [2.05, 4.69) is 61.4 Å². The molecule has 0 aliphatic heterocycles. The molecule has 0 saturated carbocycles. The van der Waals surface area contributed by atoms with Gasteiger partial charge in [0.25, 0.3) is 0 Å². The number of hydrogen-bond donors (Lipinski definition) is 2. The fourth-order valence-corrected chi connectivity index (χ4v) is 2.52. The molecule has 3 N–H and O–H groups in total. The van der Waals surface area contributed by atoms with Gasteiger partial charge in [-0.2, -0.15) is 5.10 Å². The van der Waals surface area contributed by atoms with Crippen molar-refractivity contribution < 1.29 is 0 Å². The fourth-order valence-electron chi connectivity index (χ4n) is 2.52. The lowest BCUT2D eigenvalue weighted by Gasteiger charge is -2.19. The van der Waals surface area contributed by atoms with Crippen LogP contribution in [-0.4, -0.2) is 14.8 Å². The van der Waals surface area contributed by atoms with E-state index < -0.39 is 0 Å². The van der Waals surface area contributed by atoms with Crippen LogP contribution in [0.1, 0.15) is 42.4 Å². The van der Waals surface area contributed by atoms with Crippen LogP contribution in [0.4, 0.5) is 0 Å². The molecule has 1 unspecified atom stereocenters. The third kappa shape index (κ3) is 3.89. The number of hydrazine groups is 1. The number of nitrogens with zero attached hydrogens (tertiary/aromatic N) is 3. The van der Waals surface area contributed by atoms with E-state index in [4.69, 9.17) is 5.84 Å². The van der Waals surface area contributed by atoms with Crippen LogP contribution in [0.5, 0.6) is 0 Å². The molecule has 1 heterocycles. The quantitative estimate of drug-likeness (QED) is 0.632. The Morgan fingerprint density at radius 1 is 1.29 bits per heavy atom. The summed E-state index contributed by atoms with van der Waals surface area (Å²) in [6.07, 6.45) is 2.35. The van der Waals surface area contributed by atoms with Gasteiger partial charge >= 0.3 is 0 Å². The summed E-state index contributed by atoms with van der Waals surface area (Å²) in [5, 5.41) is 4.31. The van der Waals surface area contributed by atoms with Gasteiger partial charge in [-0.1, -0.05) is 37.6 Å². The molecule has 0 radical (unpaired) electrons. The predicted octanol–water partition coefficient (Wildman–Crippen LogP) is 2.30. The van der Waals surface area contributed by atoms with Crippen LogP contribution < -0.4 is 11.3 Å². The molecule has 1 aromatic carbocycles. The number of nitrogens with two attached hydrogens (primary N) is 1. The zero-order chi connectivity index (χ0) is 15.4. The predicted molar refractivity (Wildman–Crippen MR) is 84.5 cm³/mol. The van der Waals surface area contributed by atoms with Crippen LogP contribution in [0, 0.1) is 19.8 Å². The lowest BCUT2D eigenvalue weighted by Crippen LogP contribution is -2.31. The summed E-state index contributed by atoms with van der Waals surface area (Å²) in [4.78, 5) is 4.39. The maximum atomic E-state index is 5.78. The van der Waals surface area contributed by atoms with Gasteiger partial charge in [0.15, 0.2) is 0 Å². The van der Waals surface area contributed by atoms with Gasteiger partial charge < -0.3 is 0 Å². The van der Waals surface area contributed by atoms with Crippen LogP contribution in [0.3, 0.4) is 0 Å². The largest absolute Gasteiger partial charge is 0.271 e. The normalized spacial score (nSPS) is 12.9. The highest BCUT2D eigenvalue weighted by Gasteiger charge is 2.17. The highest BCUT2D eigenvalue weighted by molar-refractivity contribution is 5.33. The smallest absolute Gasteiger partial charge is 0.138 e. The first-order valence-corrected chi connectivity index (χ1v) is 7.41. The zero-order valence-corrected chi connectivity index (χ0v) is 13.3. The van der Waals surface area contributed by atoms with Crippen molar-refractivity contribution in [3.05, 3.63) is 47.0 Å². The van der Waals surface area contributed by atoms with E-state index in [1.54, 1.807) is 6.33 Å². The molecule has 114 valence electrons. The topological polar surface area (TPSA) is 68.8 Å². The summed E-state index contributed by atoms with van der Waals surface area (Å²) >= 11 is 0. The molecular weight excluding hydrogens is 262 g/mol. The molecule has 5 nitrogen and oxygen atoms in total. The van der Waals surface area contributed by atoms with Crippen molar-refractivity contribution in [1.82, 2.24) is 20.2 Å². The number of benzene rings is 1. The molecule has 0 fully saturated rings. The number of hydrogen-bond acceptors (Lipinski definition) is 4. The molecule has 0 saturated heterocycles. The highest BCUT2D eigenvalue weighted by atomic mass is 15.3. The fraction of sp³-hybridized carbons (Fsp3) is 0.500. The molecule has 0 aliphatic rings. The molecule has 5 heteroatoms. The monoisotopic (exact) mass is 287 g/mol. The second-order valence-corrected chi connectivity index (χ2v) is 6.04. The first kappa shape index (κ1) is 15.7. The van der Waals surface area contributed by atoms with Crippen LogP contribution >= 0.6 is 0 Å². The minimum absolute atomic E-state index is 0.0417. The Kier molecular flexibility index (Phi) is 5.09. The van der Waals surface area contributed by atoms with Crippen LogP contribution in [0.25, 0.3) is 0 Å². The summed E-state index contributed by atoms with van der Waals surface area (Å²) < 4.78 is 1.97. The van der Waals surface area contributed by atoms with E-state index in [0.717, 1.165) is 18.8 Å². The summed E-state index contributed by atoms with van der Waals surface area (Å²) in [7, 11) is 0. The summed E-state index contributed by atoms with van der Waals surface area (Å²) in [5.41, 5.74) is 6.61. The summed E-state index contributed by atoms with van der Waals surface area (Å²) in [6.45, 7) is 9.43. The maximum Gasteiger partial charge on any atom is 0.138 e. The lowest BCUT2D eigenvalue weighted by molar-refractivity contribution is 0.446. The standard InChI is InChI=1S/C16H25N5/c1-11(2)9-21-16(18-10-19-21)8-15(20-17)14-7-12(3)5-6-13(14)4/h5-7,10-11,15,20H,8-9,17H2,1-4H3. The third-order valence-corrected chi connectivity index (χ3v) is 3.63. The zero-order valence-electron chi connectivity index (χ0n) is 13.3. The molecule has 1 aromatic heterocycles. The highest BCUT2D eigenvalue weighted by Crippen LogP contribution is 2.22. The van der Waals surface area contributed by atoms with Gasteiger partial charge in [-0.05, 0) is 30.9 Å². The molecule has 21 heavy (non-hydrogen) atoms.